The zero-order valence-corrected chi connectivity index (χ0v) is 14.8. The lowest BCUT2D eigenvalue weighted by Crippen LogP contribution is -2.37. The molecule has 0 aromatic heterocycles. The van der Waals surface area contributed by atoms with E-state index in [0.29, 0.717) is 18.4 Å². The highest BCUT2D eigenvalue weighted by atomic mass is 16.5. The van der Waals surface area contributed by atoms with Crippen LogP contribution in [0, 0.1) is 10.8 Å². The molecule has 0 aromatic rings. The van der Waals surface area contributed by atoms with Gasteiger partial charge in [0, 0.05) is 5.70 Å². The highest BCUT2D eigenvalue weighted by molar-refractivity contribution is 5.78. The molecule has 4 N–H and O–H groups in total. The van der Waals surface area contributed by atoms with Gasteiger partial charge in [-0.15, -0.1) is 0 Å². The first-order valence-electron chi connectivity index (χ1n) is 8.02. The van der Waals surface area contributed by atoms with E-state index in [1.54, 1.807) is 0 Å². The normalized spacial score (nSPS) is 19.1. The molecule has 7 heteroatoms. The maximum absolute atomic E-state index is 11.6. The molecule has 0 amide bonds. The molecule has 24 heavy (non-hydrogen) atoms. The number of nitrogens with one attached hydrogen (secondary N) is 1. The van der Waals surface area contributed by atoms with E-state index < -0.39 is 24.0 Å². The summed E-state index contributed by atoms with van der Waals surface area (Å²) in [4.78, 5) is 33.6. The number of ether oxygens (including phenoxy) is 1. The van der Waals surface area contributed by atoms with Crippen LogP contribution in [0.5, 0.6) is 0 Å². The third-order valence-corrected chi connectivity index (χ3v) is 4.76. The van der Waals surface area contributed by atoms with Gasteiger partial charge in [-0.05, 0) is 36.2 Å². The van der Waals surface area contributed by atoms with Gasteiger partial charge in [-0.3, -0.25) is 9.59 Å². The van der Waals surface area contributed by atoms with Gasteiger partial charge in [0.05, 0.1) is 19.6 Å². The lowest BCUT2D eigenvalue weighted by molar-refractivity contribution is -0.141. The van der Waals surface area contributed by atoms with Crippen LogP contribution in [0.1, 0.15) is 46.5 Å². The van der Waals surface area contributed by atoms with E-state index in [1.165, 1.54) is 13.2 Å². The number of aldehydes is 1. The molecule has 2 atom stereocenters. The van der Waals surface area contributed by atoms with E-state index in [0.717, 1.165) is 12.8 Å². The van der Waals surface area contributed by atoms with Crippen molar-refractivity contribution in [2.24, 2.45) is 16.6 Å². The number of methoxy groups -OCH3 is 1. The Morgan fingerprint density at radius 1 is 1.38 bits per heavy atom. The summed E-state index contributed by atoms with van der Waals surface area (Å²) < 4.78 is 4.62. The molecule has 1 rings (SSSR count). The fourth-order valence-corrected chi connectivity index (χ4v) is 2.85. The first-order valence-corrected chi connectivity index (χ1v) is 8.02. The number of allylic oxidation sites excluding steroid dienone is 1. The summed E-state index contributed by atoms with van der Waals surface area (Å²) in [5, 5.41) is 11.8. The molecule has 1 fully saturated rings. The van der Waals surface area contributed by atoms with Crippen LogP contribution < -0.4 is 11.1 Å². The Balaban J connectivity index is 2.99. The molecule has 1 unspecified atom stereocenters. The number of rotatable bonds is 9. The van der Waals surface area contributed by atoms with Crippen LogP contribution in [0.4, 0.5) is 0 Å². The van der Waals surface area contributed by atoms with Crippen LogP contribution >= 0.6 is 0 Å². The molecule has 1 aliphatic carbocycles. The molecule has 0 heterocycles. The highest BCUT2D eigenvalue weighted by Gasteiger charge is 2.51. The monoisotopic (exact) mass is 340 g/mol. The SMILES string of the molecule is COC(=O)C(N)C=C(CC1(C(C)(C)C)CC1)N[C@@H](C=O)CC(=O)O. The number of carboxylic acid groups (broad SMARTS) is 1. The third-order valence-electron chi connectivity index (χ3n) is 4.76. The Morgan fingerprint density at radius 2 is 1.96 bits per heavy atom. The third kappa shape index (κ3) is 5.33. The number of nitrogens with two attached hydrogens (primary N) is 1. The Bertz CT molecular complexity index is 518. The number of carbonyl (C=O) groups excluding carboxylic acids is 2. The van der Waals surface area contributed by atoms with E-state index in [2.05, 4.69) is 30.8 Å². The van der Waals surface area contributed by atoms with Gasteiger partial charge in [-0.1, -0.05) is 20.8 Å². The number of hydrogen-bond donors (Lipinski definition) is 3. The van der Waals surface area contributed by atoms with Gasteiger partial charge in [0.25, 0.3) is 0 Å². The lowest BCUT2D eigenvalue weighted by Gasteiger charge is -2.33. The smallest absolute Gasteiger partial charge is 0.326 e. The second-order valence-electron chi connectivity index (χ2n) is 7.43. The van der Waals surface area contributed by atoms with E-state index in [1.807, 2.05) is 0 Å². The second-order valence-corrected chi connectivity index (χ2v) is 7.43. The Hall–Kier alpha value is -1.89. The van der Waals surface area contributed by atoms with E-state index in [9.17, 15) is 14.4 Å². The molecule has 0 aliphatic heterocycles. The molecule has 1 aliphatic rings. The average molecular weight is 340 g/mol. The van der Waals surface area contributed by atoms with Crippen molar-refractivity contribution in [3.05, 3.63) is 11.8 Å². The van der Waals surface area contributed by atoms with Crippen LogP contribution in [0.15, 0.2) is 11.8 Å². The Kier molecular flexibility index (Phi) is 6.54. The maximum atomic E-state index is 11.6. The predicted molar refractivity (Wildman–Crippen MR) is 89.1 cm³/mol. The van der Waals surface area contributed by atoms with Crippen molar-refractivity contribution in [1.29, 1.82) is 0 Å². The predicted octanol–water partition coefficient (Wildman–Crippen LogP) is 1.22. The van der Waals surface area contributed by atoms with E-state index in [4.69, 9.17) is 10.8 Å². The van der Waals surface area contributed by atoms with Crippen LogP contribution in [-0.4, -0.2) is 42.5 Å². The fourth-order valence-electron chi connectivity index (χ4n) is 2.85. The highest BCUT2D eigenvalue weighted by Crippen LogP contribution is 2.61. The summed E-state index contributed by atoms with van der Waals surface area (Å²) in [6, 6.07) is -1.83. The van der Waals surface area contributed by atoms with E-state index >= 15 is 0 Å². The number of esters is 1. The molecule has 0 radical (unpaired) electrons. The lowest BCUT2D eigenvalue weighted by atomic mass is 9.74. The fraction of sp³-hybridized carbons (Fsp3) is 0.706. The zero-order chi connectivity index (χ0) is 18.5. The minimum absolute atomic E-state index is 0.0482. The molecule has 1 saturated carbocycles. The molecule has 136 valence electrons. The average Bonchev–Trinajstić information content (AvgIpc) is 3.25. The van der Waals surface area contributed by atoms with Crippen molar-refractivity contribution < 1.29 is 24.2 Å². The van der Waals surface area contributed by atoms with Crippen LogP contribution in [0.2, 0.25) is 0 Å². The zero-order valence-electron chi connectivity index (χ0n) is 14.8. The standard InChI is InChI=1S/C17H28N2O5/c1-16(2,3)17(5-6-17)9-11(7-13(18)15(23)24-4)19-12(10-20)8-14(21)22/h7,10,12-13,19H,5-6,8-9,18H2,1-4H3,(H,21,22)/t12-,13?/m1/s1. The van der Waals surface area contributed by atoms with Crippen molar-refractivity contribution in [3.8, 4) is 0 Å². The molecule has 0 aromatic carbocycles. The van der Waals surface area contributed by atoms with Crippen molar-refractivity contribution in [2.75, 3.05) is 7.11 Å². The summed E-state index contributed by atoms with van der Waals surface area (Å²) in [5.41, 5.74) is 6.51. The van der Waals surface area contributed by atoms with E-state index in [-0.39, 0.29) is 17.3 Å². The molecule has 0 bridgehead atoms. The number of hydrogen-bond acceptors (Lipinski definition) is 6. The molecule has 0 saturated heterocycles. The van der Waals surface area contributed by atoms with Gasteiger partial charge in [0.1, 0.15) is 12.3 Å². The summed E-state index contributed by atoms with van der Waals surface area (Å²) in [7, 11) is 1.25. The summed E-state index contributed by atoms with van der Waals surface area (Å²) >= 11 is 0. The van der Waals surface area contributed by atoms with Crippen LogP contribution in [0.3, 0.4) is 0 Å². The Morgan fingerprint density at radius 3 is 2.33 bits per heavy atom. The van der Waals surface area contributed by atoms with Crippen molar-refractivity contribution in [3.63, 3.8) is 0 Å². The maximum Gasteiger partial charge on any atom is 0.326 e. The second kappa shape index (κ2) is 7.79. The quantitative estimate of drug-likeness (QED) is 0.426. The summed E-state index contributed by atoms with van der Waals surface area (Å²) in [5.74, 6) is -1.66. The topological polar surface area (TPSA) is 119 Å². The van der Waals surface area contributed by atoms with Crippen LogP contribution in [0.25, 0.3) is 0 Å². The Labute approximate surface area is 142 Å². The number of carbonyl (C=O) groups is 3. The molecular formula is C17H28N2O5. The van der Waals surface area contributed by atoms with Crippen LogP contribution in [-0.2, 0) is 19.1 Å². The first-order chi connectivity index (χ1) is 11.0. The van der Waals surface area contributed by atoms with Crippen molar-refractivity contribution >= 4 is 18.2 Å². The van der Waals surface area contributed by atoms with Crippen molar-refractivity contribution in [1.82, 2.24) is 5.32 Å². The molecule has 0 spiro atoms. The van der Waals surface area contributed by atoms with Gasteiger partial charge in [0.15, 0.2) is 0 Å². The van der Waals surface area contributed by atoms with Crippen molar-refractivity contribution in [2.45, 2.75) is 58.5 Å². The van der Waals surface area contributed by atoms with Gasteiger partial charge >= 0.3 is 11.9 Å². The minimum atomic E-state index is -1.08. The largest absolute Gasteiger partial charge is 0.481 e. The number of aliphatic carboxylic acids is 1. The summed E-state index contributed by atoms with van der Waals surface area (Å²) in [6.07, 6.45) is 4.42. The molecule has 7 nitrogen and oxygen atoms in total. The van der Waals surface area contributed by atoms with Gasteiger partial charge < -0.3 is 25.7 Å². The first kappa shape index (κ1) is 20.2. The van der Waals surface area contributed by atoms with Gasteiger partial charge in [-0.2, -0.15) is 0 Å². The summed E-state index contributed by atoms with van der Waals surface area (Å²) in [6.45, 7) is 6.44. The van der Waals surface area contributed by atoms with Gasteiger partial charge in [-0.25, -0.2) is 0 Å². The molecular weight excluding hydrogens is 312 g/mol. The number of carboxylic acids is 1. The van der Waals surface area contributed by atoms with Gasteiger partial charge in [0.2, 0.25) is 0 Å². The minimum Gasteiger partial charge on any atom is -0.481 e.